The summed E-state index contributed by atoms with van der Waals surface area (Å²) in [6, 6.07) is 7.69. The van der Waals surface area contributed by atoms with Gasteiger partial charge in [-0.1, -0.05) is 6.07 Å². The molecule has 0 aliphatic rings. The van der Waals surface area contributed by atoms with Gasteiger partial charge in [0.1, 0.15) is 5.75 Å². The molecule has 0 spiro atoms. The Morgan fingerprint density at radius 1 is 1.48 bits per heavy atom. The highest BCUT2D eigenvalue weighted by Crippen LogP contribution is 2.16. The van der Waals surface area contributed by atoms with Crippen molar-refractivity contribution in [2.24, 2.45) is 0 Å². The van der Waals surface area contributed by atoms with Gasteiger partial charge >= 0.3 is 0 Å². The van der Waals surface area contributed by atoms with E-state index in [4.69, 9.17) is 4.74 Å². The fourth-order valence-corrected chi connectivity index (χ4v) is 2.40. The molecule has 0 aliphatic carbocycles. The maximum Gasteiger partial charge on any atom is 0.232 e. The second kappa shape index (κ2) is 7.17. The third-order valence-corrected chi connectivity index (χ3v) is 3.60. The molecular formula is C15H19N3O2S. The lowest BCUT2D eigenvalue weighted by atomic mass is 10.3. The number of carbonyl (C=O) groups is 1. The number of amides is 1. The molecule has 0 atom stereocenters. The van der Waals surface area contributed by atoms with E-state index in [1.54, 1.807) is 29.9 Å². The van der Waals surface area contributed by atoms with Crippen LogP contribution >= 0.6 is 11.8 Å². The molecule has 0 bridgehead atoms. The van der Waals surface area contributed by atoms with E-state index < -0.39 is 0 Å². The Balaban J connectivity index is 2.09. The molecule has 1 heterocycles. The van der Waals surface area contributed by atoms with Crippen molar-refractivity contribution in [3.05, 3.63) is 42.2 Å². The quantitative estimate of drug-likeness (QED) is 0.821. The van der Waals surface area contributed by atoms with Crippen LogP contribution in [-0.2, 0) is 11.3 Å². The Kier molecular flexibility index (Phi) is 5.27. The predicted molar refractivity (Wildman–Crippen MR) is 85.0 cm³/mol. The second-order valence-electron chi connectivity index (χ2n) is 4.68. The molecule has 6 heteroatoms. The van der Waals surface area contributed by atoms with Gasteiger partial charge in [-0.3, -0.25) is 4.79 Å². The number of carbonyl (C=O) groups excluding carboxylic acids is 1. The number of hydrogen-bond acceptors (Lipinski definition) is 4. The van der Waals surface area contributed by atoms with E-state index in [-0.39, 0.29) is 5.91 Å². The molecule has 1 aromatic carbocycles. The highest BCUT2D eigenvalue weighted by molar-refractivity contribution is 7.99. The molecule has 0 aliphatic heterocycles. The van der Waals surface area contributed by atoms with Gasteiger partial charge in [-0.15, -0.1) is 0 Å². The fraction of sp³-hybridized carbons (Fsp3) is 0.333. The van der Waals surface area contributed by atoms with Crippen molar-refractivity contribution in [2.75, 3.05) is 26.2 Å². The molecule has 1 aromatic heterocycles. The normalized spacial score (nSPS) is 10.4. The van der Waals surface area contributed by atoms with Crippen LogP contribution in [-0.4, -0.2) is 46.8 Å². The Bertz CT molecular complexity index is 612. The minimum Gasteiger partial charge on any atom is -0.497 e. The molecule has 2 rings (SSSR count). The van der Waals surface area contributed by atoms with Gasteiger partial charge in [0.15, 0.2) is 0 Å². The van der Waals surface area contributed by atoms with Gasteiger partial charge in [0.05, 0.1) is 24.7 Å². The Morgan fingerprint density at radius 2 is 2.29 bits per heavy atom. The molecule has 2 aromatic rings. The van der Waals surface area contributed by atoms with E-state index in [1.807, 2.05) is 36.7 Å². The first-order chi connectivity index (χ1) is 10.1. The van der Waals surface area contributed by atoms with Gasteiger partial charge in [0.25, 0.3) is 0 Å². The van der Waals surface area contributed by atoms with Crippen molar-refractivity contribution >= 4 is 17.7 Å². The molecule has 0 saturated carbocycles. The largest absolute Gasteiger partial charge is 0.497 e. The molecule has 21 heavy (non-hydrogen) atoms. The van der Waals surface area contributed by atoms with Crippen LogP contribution in [0.4, 0.5) is 0 Å². The molecule has 5 nitrogen and oxygen atoms in total. The van der Waals surface area contributed by atoms with Gasteiger partial charge in [-0.25, -0.2) is 4.68 Å². The number of benzene rings is 1. The van der Waals surface area contributed by atoms with E-state index in [0.717, 1.165) is 17.0 Å². The molecule has 112 valence electrons. The summed E-state index contributed by atoms with van der Waals surface area (Å²) in [6.45, 7) is 0.559. The van der Waals surface area contributed by atoms with Crippen LogP contribution in [0.1, 0.15) is 5.56 Å². The maximum absolute atomic E-state index is 11.8. The first kappa shape index (κ1) is 15.4. The summed E-state index contributed by atoms with van der Waals surface area (Å²) < 4.78 is 6.99. The van der Waals surface area contributed by atoms with Crippen molar-refractivity contribution in [1.29, 1.82) is 0 Å². The van der Waals surface area contributed by atoms with E-state index in [2.05, 4.69) is 5.10 Å². The summed E-state index contributed by atoms with van der Waals surface area (Å²) in [4.78, 5) is 13.5. The van der Waals surface area contributed by atoms with Crippen LogP contribution in [0.3, 0.4) is 0 Å². The molecule has 1 amide bonds. The monoisotopic (exact) mass is 305 g/mol. The summed E-state index contributed by atoms with van der Waals surface area (Å²) in [5.41, 5.74) is 1.92. The third-order valence-electron chi connectivity index (χ3n) is 3.07. The van der Waals surface area contributed by atoms with Crippen LogP contribution in [0.15, 0.2) is 36.7 Å². The first-order valence-electron chi connectivity index (χ1n) is 6.55. The number of rotatable bonds is 6. The van der Waals surface area contributed by atoms with E-state index in [9.17, 15) is 4.79 Å². The number of thioether (sulfide) groups is 1. The molecule has 0 unspecified atom stereocenters. The smallest absolute Gasteiger partial charge is 0.232 e. The van der Waals surface area contributed by atoms with Crippen LogP contribution in [0.5, 0.6) is 5.75 Å². The van der Waals surface area contributed by atoms with Crippen LogP contribution < -0.4 is 4.74 Å². The fourth-order valence-electron chi connectivity index (χ4n) is 1.93. The zero-order valence-corrected chi connectivity index (χ0v) is 13.3. The third kappa shape index (κ3) is 4.01. The average Bonchev–Trinajstić information content (AvgIpc) is 2.96. The molecule has 0 radical (unpaired) electrons. The lowest BCUT2D eigenvalue weighted by Gasteiger charge is -2.15. The molecule has 0 N–H and O–H groups in total. The standard InChI is InChI=1S/C15H19N3O2S/c1-17(15(19)11-21-3)9-12-8-16-18(10-12)13-5-4-6-14(7-13)20-2/h4-8,10H,9,11H2,1-3H3. The topological polar surface area (TPSA) is 47.4 Å². The Labute approximate surface area is 128 Å². The second-order valence-corrected chi connectivity index (χ2v) is 5.54. The van der Waals surface area contributed by atoms with Crippen LogP contribution in [0, 0.1) is 0 Å². The lowest BCUT2D eigenvalue weighted by molar-refractivity contribution is -0.127. The van der Waals surface area contributed by atoms with Crippen molar-refractivity contribution in [3.63, 3.8) is 0 Å². The highest BCUT2D eigenvalue weighted by Gasteiger charge is 2.10. The number of aromatic nitrogens is 2. The summed E-state index contributed by atoms with van der Waals surface area (Å²) in [6.07, 6.45) is 5.63. The summed E-state index contributed by atoms with van der Waals surface area (Å²) >= 11 is 1.53. The van der Waals surface area contributed by atoms with Gasteiger partial charge in [0, 0.05) is 31.4 Å². The van der Waals surface area contributed by atoms with Crippen molar-refractivity contribution < 1.29 is 9.53 Å². The SMILES string of the molecule is COc1cccc(-n2cc(CN(C)C(=O)CSC)cn2)c1. The predicted octanol–water partition coefficient (Wildman–Crippen LogP) is 2.20. The molecule has 0 saturated heterocycles. The summed E-state index contributed by atoms with van der Waals surface area (Å²) in [5.74, 6) is 1.41. The Hall–Kier alpha value is -1.95. The van der Waals surface area contributed by atoms with Crippen molar-refractivity contribution in [2.45, 2.75) is 6.54 Å². The molecule has 0 fully saturated rings. The van der Waals surface area contributed by atoms with Gasteiger partial charge < -0.3 is 9.64 Å². The van der Waals surface area contributed by atoms with E-state index in [1.165, 1.54) is 11.8 Å². The number of nitrogens with zero attached hydrogens (tertiary/aromatic N) is 3. The van der Waals surface area contributed by atoms with Crippen LogP contribution in [0.2, 0.25) is 0 Å². The highest BCUT2D eigenvalue weighted by atomic mass is 32.2. The van der Waals surface area contributed by atoms with Gasteiger partial charge in [0.2, 0.25) is 5.91 Å². The van der Waals surface area contributed by atoms with Crippen LogP contribution in [0.25, 0.3) is 5.69 Å². The minimum absolute atomic E-state index is 0.122. The average molecular weight is 305 g/mol. The molecular weight excluding hydrogens is 286 g/mol. The number of hydrogen-bond donors (Lipinski definition) is 0. The van der Waals surface area contributed by atoms with Gasteiger partial charge in [-0.2, -0.15) is 16.9 Å². The summed E-state index contributed by atoms with van der Waals surface area (Å²) in [7, 11) is 3.45. The first-order valence-corrected chi connectivity index (χ1v) is 7.94. The zero-order valence-electron chi connectivity index (χ0n) is 12.4. The summed E-state index contributed by atoms with van der Waals surface area (Å²) in [5, 5.41) is 4.34. The maximum atomic E-state index is 11.8. The van der Waals surface area contributed by atoms with Gasteiger partial charge in [-0.05, 0) is 18.4 Å². The Morgan fingerprint density at radius 3 is 3.00 bits per heavy atom. The number of methoxy groups -OCH3 is 1. The number of ether oxygens (including phenoxy) is 1. The lowest BCUT2D eigenvalue weighted by Crippen LogP contribution is -2.27. The van der Waals surface area contributed by atoms with Crippen molar-refractivity contribution in [3.8, 4) is 11.4 Å². The minimum atomic E-state index is 0.122. The zero-order chi connectivity index (χ0) is 15.2. The van der Waals surface area contributed by atoms with Crippen molar-refractivity contribution in [1.82, 2.24) is 14.7 Å². The van der Waals surface area contributed by atoms with E-state index >= 15 is 0 Å². The van der Waals surface area contributed by atoms with E-state index in [0.29, 0.717) is 12.3 Å².